The Bertz CT molecular complexity index is 406. The summed E-state index contributed by atoms with van der Waals surface area (Å²) in [5, 5.41) is 0. The molecule has 1 atom stereocenters. The number of nitrogens with two attached hydrogens (primary N) is 1. The van der Waals surface area contributed by atoms with E-state index in [0.717, 1.165) is 43.4 Å². The van der Waals surface area contributed by atoms with Gasteiger partial charge in [0.25, 0.3) is 0 Å². The van der Waals surface area contributed by atoms with E-state index in [1.54, 1.807) is 14.2 Å². The third-order valence-electron chi connectivity index (χ3n) is 3.51. The van der Waals surface area contributed by atoms with Crippen molar-refractivity contribution in [3.8, 4) is 11.5 Å². The summed E-state index contributed by atoms with van der Waals surface area (Å²) >= 11 is 0. The molecule has 5 nitrogen and oxygen atoms in total. The van der Waals surface area contributed by atoms with Gasteiger partial charge in [0.1, 0.15) is 11.5 Å². The van der Waals surface area contributed by atoms with Crippen molar-refractivity contribution in [2.45, 2.75) is 6.04 Å². The molecule has 106 valence electrons. The standard InChI is InChI=1S/C14H22N2O3/c1-17-11-3-4-12(14(9-11)18-2)13(10-15)16-5-7-19-8-6-16/h3-4,9,13H,5-8,10,15H2,1-2H3/t13-/m0/s1. The molecule has 0 aliphatic carbocycles. The minimum Gasteiger partial charge on any atom is -0.497 e. The van der Waals surface area contributed by atoms with Gasteiger partial charge in [0.15, 0.2) is 0 Å². The highest BCUT2D eigenvalue weighted by molar-refractivity contribution is 5.42. The van der Waals surface area contributed by atoms with Gasteiger partial charge in [-0.05, 0) is 6.07 Å². The van der Waals surface area contributed by atoms with Gasteiger partial charge in [-0.3, -0.25) is 4.90 Å². The zero-order valence-electron chi connectivity index (χ0n) is 11.6. The third-order valence-corrected chi connectivity index (χ3v) is 3.51. The van der Waals surface area contributed by atoms with E-state index in [1.165, 1.54) is 0 Å². The van der Waals surface area contributed by atoms with Crippen molar-refractivity contribution in [1.82, 2.24) is 4.90 Å². The van der Waals surface area contributed by atoms with Crippen molar-refractivity contribution < 1.29 is 14.2 Å². The van der Waals surface area contributed by atoms with E-state index in [4.69, 9.17) is 19.9 Å². The van der Waals surface area contributed by atoms with E-state index in [2.05, 4.69) is 4.90 Å². The van der Waals surface area contributed by atoms with Crippen LogP contribution < -0.4 is 15.2 Å². The summed E-state index contributed by atoms with van der Waals surface area (Å²) in [4.78, 5) is 2.34. The van der Waals surface area contributed by atoms with Crippen molar-refractivity contribution in [2.75, 3.05) is 47.1 Å². The molecule has 0 amide bonds. The van der Waals surface area contributed by atoms with Crippen LogP contribution in [-0.4, -0.2) is 52.0 Å². The van der Waals surface area contributed by atoms with Crippen LogP contribution >= 0.6 is 0 Å². The Hall–Kier alpha value is -1.30. The van der Waals surface area contributed by atoms with Crippen LogP contribution in [-0.2, 0) is 4.74 Å². The van der Waals surface area contributed by atoms with Crippen LogP contribution in [0.4, 0.5) is 0 Å². The van der Waals surface area contributed by atoms with Gasteiger partial charge >= 0.3 is 0 Å². The van der Waals surface area contributed by atoms with Gasteiger partial charge in [-0.25, -0.2) is 0 Å². The van der Waals surface area contributed by atoms with E-state index >= 15 is 0 Å². The van der Waals surface area contributed by atoms with Gasteiger partial charge in [-0.1, -0.05) is 6.07 Å². The van der Waals surface area contributed by atoms with E-state index in [-0.39, 0.29) is 6.04 Å². The number of morpholine rings is 1. The maximum atomic E-state index is 5.96. The fourth-order valence-corrected chi connectivity index (χ4v) is 2.46. The summed E-state index contributed by atoms with van der Waals surface area (Å²) in [7, 11) is 3.32. The molecule has 0 spiro atoms. The molecule has 1 fully saturated rings. The molecule has 0 saturated carbocycles. The van der Waals surface area contributed by atoms with E-state index in [1.807, 2.05) is 18.2 Å². The number of rotatable bonds is 5. The number of hydrogen-bond acceptors (Lipinski definition) is 5. The Balaban J connectivity index is 2.26. The molecule has 1 aromatic carbocycles. The van der Waals surface area contributed by atoms with Crippen molar-refractivity contribution in [2.24, 2.45) is 5.73 Å². The largest absolute Gasteiger partial charge is 0.497 e. The number of hydrogen-bond donors (Lipinski definition) is 1. The molecule has 0 aromatic heterocycles. The monoisotopic (exact) mass is 266 g/mol. The number of nitrogens with zero attached hydrogens (tertiary/aromatic N) is 1. The molecule has 19 heavy (non-hydrogen) atoms. The molecule has 2 rings (SSSR count). The zero-order chi connectivity index (χ0) is 13.7. The molecule has 0 radical (unpaired) electrons. The lowest BCUT2D eigenvalue weighted by Crippen LogP contribution is -2.41. The summed E-state index contributed by atoms with van der Waals surface area (Å²) in [6.45, 7) is 3.88. The van der Waals surface area contributed by atoms with Crippen molar-refractivity contribution in [3.63, 3.8) is 0 Å². The smallest absolute Gasteiger partial charge is 0.127 e. The second-order valence-corrected chi connectivity index (χ2v) is 4.51. The summed E-state index contributed by atoms with van der Waals surface area (Å²) in [6, 6.07) is 6.04. The highest BCUT2D eigenvalue weighted by Crippen LogP contribution is 2.32. The summed E-state index contributed by atoms with van der Waals surface area (Å²) < 4.78 is 16.1. The first-order valence-electron chi connectivity index (χ1n) is 6.54. The van der Waals surface area contributed by atoms with Crippen molar-refractivity contribution in [3.05, 3.63) is 23.8 Å². The van der Waals surface area contributed by atoms with Crippen LogP contribution in [0, 0.1) is 0 Å². The topological polar surface area (TPSA) is 57.0 Å². The second kappa shape index (κ2) is 6.75. The Labute approximate surface area is 114 Å². The third kappa shape index (κ3) is 3.18. The fraction of sp³-hybridized carbons (Fsp3) is 0.571. The fourth-order valence-electron chi connectivity index (χ4n) is 2.46. The number of ether oxygens (including phenoxy) is 3. The van der Waals surface area contributed by atoms with E-state index < -0.39 is 0 Å². The first kappa shape index (κ1) is 14.1. The maximum absolute atomic E-state index is 5.96. The molecule has 0 unspecified atom stereocenters. The highest BCUT2D eigenvalue weighted by Gasteiger charge is 2.24. The number of benzene rings is 1. The summed E-state index contributed by atoms with van der Waals surface area (Å²) in [6.07, 6.45) is 0. The average molecular weight is 266 g/mol. The first-order chi connectivity index (χ1) is 9.30. The highest BCUT2D eigenvalue weighted by atomic mass is 16.5. The Morgan fingerprint density at radius 2 is 2.00 bits per heavy atom. The number of methoxy groups -OCH3 is 2. The minimum absolute atomic E-state index is 0.157. The normalized spacial score (nSPS) is 18.1. The molecular formula is C14H22N2O3. The lowest BCUT2D eigenvalue weighted by molar-refractivity contribution is 0.0174. The van der Waals surface area contributed by atoms with Crippen LogP contribution in [0.5, 0.6) is 11.5 Å². The van der Waals surface area contributed by atoms with E-state index in [9.17, 15) is 0 Å². The lowest BCUT2D eigenvalue weighted by Gasteiger charge is -2.34. The van der Waals surface area contributed by atoms with E-state index in [0.29, 0.717) is 6.54 Å². The Kier molecular flexibility index (Phi) is 5.01. The second-order valence-electron chi connectivity index (χ2n) is 4.51. The molecule has 5 heteroatoms. The van der Waals surface area contributed by atoms with Crippen LogP contribution in [0.3, 0.4) is 0 Å². The van der Waals surface area contributed by atoms with Crippen LogP contribution in [0.2, 0.25) is 0 Å². The SMILES string of the molecule is COc1ccc([C@H](CN)N2CCOCC2)c(OC)c1. The molecule has 1 saturated heterocycles. The van der Waals surface area contributed by atoms with Crippen molar-refractivity contribution in [1.29, 1.82) is 0 Å². The molecule has 1 heterocycles. The minimum atomic E-state index is 0.157. The zero-order valence-corrected chi connectivity index (χ0v) is 11.6. The molecule has 1 aliphatic rings. The van der Waals surface area contributed by atoms with Gasteiger partial charge in [0, 0.05) is 31.3 Å². The van der Waals surface area contributed by atoms with Gasteiger partial charge in [-0.15, -0.1) is 0 Å². The van der Waals surface area contributed by atoms with Gasteiger partial charge in [0.2, 0.25) is 0 Å². The molecule has 0 bridgehead atoms. The first-order valence-corrected chi connectivity index (χ1v) is 6.54. The quantitative estimate of drug-likeness (QED) is 0.863. The average Bonchev–Trinajstić information content (AvgIpc) is 2.49. The molecular weight excluding hydrogens is 244 g/mol. The van der Waals surface area contributed by atoms with Crippen LogP contribution in [0.25, 0.3) is 0 Å². The lowest BCUT2D eigenvalue weighted by atomic mass is 10.0. The molecule has 2 N–H and O–H groups in total. The van der Waals surface area contributed by atoms with Crippen LogP contribution in [0.15, 0.2) is 18.2 Å². The predicted octanol–water partition coefficient (Wildman–Crippen LogP) is 1.04. The predicted molar refractivity (Wildman–Crippen MR) is 73.7 cm³/mol. The molecule has 1 aromatic rings. The Morgan fingerprint density at radius 1 is 1.26 bits per heavy atom. The van der Waals surface area contributed by atoms with Gasteiger partial charge < -0.3 is 19.9 Å². The Morgan fingerprint density at radius 3 is 2.58 bits per heavy atom. The van der Waals surface area contributed by atoms with Crippen LogP contribution in [0.1, 0.15) is 11.6 Å². The molecule has 1 aliphatic heterocycles. The summed E-state index contributed by atoms with van der Waals surface area (Å²) in [5.74, 6) is 1.61. The van der Waals surface area contributed by atoms with Gasteiger partial charge in [0.05, 0.1) is 33.5 Å². The maximum Gasteiger partial charge on any atom is 0.127 e. The van der Waals surface area contributed by atoms with Crippen molar-refractivity contribution >= 4 is 0 Å². The van der Waals surface area contributed by atoms with Gasteiger partial charge in [-0.2, -0.15) is 0 Å². The summed E-state index contributed by atoms with van der Waals surface area (Å²) in [5.41, 5.74) is 7.06.